The second-order valence-corrected chi connectivity index (χ2v) is 5.88. The third-order valence-corrected chi connectivity index (χ3v) is 4.94. The lowest BCUT2D eigenvalue weighted by Crippen LogP contribution is -2.00. The molecule has 1 aromatic carbocycles. The molecule has 15 heavy (non-hydrogen) atoms. The topological polar surface area (TPSA) is 17.1 Å². The van der Waals surface area contributed by atoms with E-state index in [1.54, 1.807) is 10.8 Å². The number of carbonyl (C=O) groups is 1. The molecule has 0 aliphatic heterocycles. The third-order valence-electron chi connectivity index (χ3n) is 1.99. The lowest BCUT2D eigenvalue weighted by Gasteiger charge is -2.11. The second-order valence-electron chi connectivity index (χ2n) is 3.31. The largest absolute Gasteiger partial charge is 0.303 e. The van der Waals surface area contributed by atoms with Gasteiger partial charge in [-0.3, -0.25) is 0 Å². The first-order chi connectivity index (χ1) is 7.36. The maximum absolute atomic E-state index is 10.5. The Labute approximate surface area is 99.4 Å². The Hall–Kier alpha value is -0.410. The minimum Gasteiger partial charge on any atom is -0.303 e. The van der Waals surface area contributed by atoms with E-state index < -0.39 is 0 Å². The minimum atomic E-state index is 0.456. The summed E-state index contributed by atoms with van der Waals surface area (Å²) in [5.74, 6) is 0. The quantitative estimate of drug-likeness (QED) is 0.525. The van der Waals surface area contributed by atoms with Gasteiger partial charge in [-0.2, -0.15) is 0 Å². The summed E-state index contributed by atoms with van der Waals surface area (Å²) in [4.78, 5) is 11.7. The smallest absolute Gasteiger partial charge is 0.121 e. The zero-order chi connectivity index (χ0) is 10.9. The van der Waals surface area contributed by atoms with E-state index in [1.807, 2.05) is 29.0 Å². The predicted molar refractivity (Wildman–Crippen MR) is 69.3 cm³/mol. The molecule has 1 unspecified atom stereocenters. The zero-order valence-corrected chi connectivity index (χ0v) is 10.5. The van der Waals surface area contributed by atoms with Gasteiger partial charge in [-0.15, -0.1) is 0 Å². The highest BCUT2D eigenvalue weighted by atomic mass is 33.1. The molecule has 0 fully saturated rings. The number of benzene rings is 1. The molecule has 0 radical (unpaired) electrons. The molecule has 0 N–H and O–H groups in total. The summed E-state index contributed by atoms with van der Waals surface area (Å²) in [5.41, 5.74) is 0. The van der Waals surface area contributed by atoms with Crippen LogP contribution < -0.4 is 0 Å². The van der Waals surface area contributed by atoms with Gasteiger partial charge in [0.1, 0.15) is 6.29 Å². The highest BCUT2D eigenvalue weighted by molar-refractivity contribution is 8.76. The molecule has 0 aliphatic rings. The van der Waals surface area contributed by atoms with Crippen LogP contribution >= 0.6 is 21.6 Å². The molecule has 0 aliphatic carbocycles. The van der Waals surface area contributed by atoms with E-state index in [2.05, 4.69) is 19.1 Å². The Morgan fingerprint density at radius 2 is 2.07 bits per heavy atom. The summed E-state index contributed by atoms with van der Waals surface area (Å²) < 4.78 is 0. The molecule has 0 amide bonds. The maximum Gasteiger partial charge on any atom is 0.121 e. The third kappa shape index (κ3) is 5.28. The molecule has 0 spiro atoms. The van der Waals surface area contributed by atoms with E-state index in [4.69, 9.17) is 0 Å². The van der Waals surface area contributed by atoms with E-state index in [9.17, 15) is 4.79 Å². The predicted octanol–water partition coefficient (Wildman–Crippen LogP) is 4.18. The van der Waals surface area contributed by atoms with Gasteiger partial charge in [0, 0.05) is 16.6 Å². The molecule has 0 saturated carbocycles. The molecule has 0 heterocycles. The van der Waals surface area contributed by atoms with Gasteiger partial charge in [0.2, 0.25) is 0 Å². The van der Waals surface area contributed by atoms with Gasteiger partial charge >= 0.3 is 0 Å². The maximum atomic E-state index is 10.5. The van der Waals surface area contributed by atoms with Crippen molar-refractivity contribution in [3.63, 3.8) is 0 Å². The average molecular weight is 240 g/mol. The van der Waals surface area contributed by atoms with Gasteiger partial charge < -0.3 is 4.79 Å². The van der Waals surface area contributed by atoms with E-state index >= 15 is 0 Å². The Balaban J connectivity index is 2.36. The summed E-state index contributed by atoms with van der Waals surface area (Å²) in [6.45, 7) is 2.16. The normalized spacial score (nSPS) is 12.3. The van der Waals surface area contributed by atoms with Crippen LogP contribution in [0.3, 0.4) is 0 Å². The minimum absolute atomic E-state index is 0.456. The van der Waals surface area contributed by atoms with Crippen LogP contribution in [-0.2, 0) is 4.79 Å². The molecular formula is C12H16OS2. The van der Waals surface area contributed by atoms with E-state index in [1.165, 1.54) is 4.90 Å². The fourth-order valence-electron chi connectivity index (χ4n) is 1.23. The van der Waals surface area contributed by atoms with Gasteiger partial charge in [-0.05, 0) is 18.6 Å². The van der Waals surface area contributed by atoms with Crippen molar-refractivity contribution < 1.29 is 4.79 Å². The van der Waals surface area contributed by atoms with Crippen molar-refractivity contribution in [2.24, 2.45) is 0 Å². The second kappa shape index (κ2) is 7.83. The Kier molecular flexibility index (Phi) is 6.60. The molecule has 1 aromatic rings. The van der Waals surface area contributed by atoms with Crippen LogP contribution in [0.2, 0.25) is 0 Å². The number of carbonyl (C=O) groups excluding carboxylic acids is 1. The van der Waals surface area contributed by atoms with Crippen molar-refractivity contribution in [2.75, 3.05) is 0 Å². The van der Waals surface area contributed by atoms with Gasteiger partial charge in [0.15, 0.2) is 0 Å². The van der Waals surface area contributed by atoms with Crippen molar-refractivity contribution in [2.45, 2.75) is 36.3 Å². The van der Waals surface area contributed by atoms with E-state index in [-0.39, 0.29) is 0 Å². The van der Waals surface area contributed by atoms with Crippen molar-refractivity contribution in [3.8, 4) is 0 Å². The van der Waals surface area contributed by atoms with Crippen LogP contribution in [-0.4, -0.2) is 11.5 Å². The van der Waals surface area contributed by atoms with Crippen LogP contribution in [0.15, 0.2) is 35.2 Å². The SMILES string of the molecule is CCCC(CC=O)SSc1ccccc1. The van der Waals surface area contributed by atoms with Crippen LogP contribution in [0.5, 0.6) is 0 Å². The van der Waals surface area contributed by atoms with E-state index in [0.717, 1.165) is 19.1 Å². The monoisotopic (exact) mass is 240 g/mol. The highest BCUT2D eigenvalue weighted by Gasteiger charge is 2.08. The number of hydrogen-bond donors (Lipinski definition) is 0. The van der Waals surface area contributed by atoms with Gasteiger partial charge in [0.25, 0.3) is 0 Å². The molecule has 3 heteroatoms. The van der Waals surface area contributed by atoms with Crippen molar-refractivity contribution in [1.29, 1.82) is 0 Å². The van der Waals surface area contributed by atoms with Crippen LogP contribution in [0.25, 0.3) is 0 Å². The Bertz CT molecular complexity index is 274. The van der Waals surface area contributed by atoms with Gasteiger partial charge in [-0.25, -0.2) is 0 Å². The van der Waals surface area contributed by atoms with E-state index in [0.29, 0.717) is 11.7 Å². The lowest BCUT2D eigenvalue weighted by atomic mass is 10.2. The van der Waals surface area contributed by atoms with Crippen molar-refractivity contribution in [3.05, 3.63) is 30.3 Å². The summed E-state index contributed by atoms with van der Waals surface area (Å²) in [7, 11) is 3.58. The van der Waals surface area contributed by atoms with Crippen LogP contribution in [0.1, 0.15) is 26.2 Å². The van der Waals surface area contributed by atoms with Crippen LogP contribution in [0, 0.1) is 0 Å². The molecule has 0 bridgehead atoms. The summed E-state index contributed by atoms with van der Waals surface area (Å²) in [6.07, 6.45) is 3.95. The molecular weight excluding hydrogens is 224 g/mol. The molecule has 0 aromatic heterocycles. The van der Waals surface area contributed by atoms with Crippen LogP contribution in [0.4, 0.5) is 0 Å². The highest BCUT2D eigenvalue weighted by Crippen LogP contribution is 2.36. The van der Waals surface area contributed by atoms with Crippen molar-refractivity contribution in [1.82, 2.24) is 0 Å². The molecule has 0 saturated heterocycles. The Morgan fingerprint density at radius 3 is 2.67 bits per heavy atom. The first-order valence-electron chi connectivity index (χ1n) is 5.18. The van der Waals surface area contributed by atoms with Gasteiger partial charge in [-0.1, -0.05) is 53.1 Å². The number of hydrogen-bond acceptors (Lipinski definition) is 3. The van der Waals surface area contributed by atoms with Gasteiger partial charge in [0.05, 0.1) is 0 Å². The molecule has 82 valence electrons. The number of rotatable bonds is 7. The molecule has 1 atom stereocenters. The standard InChI is InChI=1S/C12H16OS2/c1-2-6-11(9-10-13)14-15-12-7-4-3-5-8-12/h3-5,7-8,10-11H,2,6,9H2,1H3. The Morgan fingerprint density at radius 1 is 1.33 bits per heavy atom. The lowest BCUT2D eigenvalue weighted by molar-refractivity contribution is -0.107. The average Bonchev–Trinajstić information content (AvgIpc) is 2.28. The van der Waals surface area contributed by atoms with Crippen molar-refractivity contribution >= 4 is 27.9 Å². The number of aldehydes is 1. The zero-order valence-electron chi connectivity index (χ0n) is 8.89. The first-order valence-corrected chi connectivity index (χ1v) is 7.40. The molecule has 1 nitrogen and oxygen atoms in total. The molecule has 1 rings (SSSR count). The first kappa shape index (κ1) is 12.7. The fraction of sp³-hybridized carbons (Fsp3) is 0.417. The summed E-state index contributed by atoms with van der Waals surface area (Å²) in [6, 6.07) is 10.3. The summed E-state index contributed by atoms with van der Waals surface area (Å²) in [5, 5.41) is 0.456. The fourth-order valence-corrected chi connectivity index (χ4v) is 3.84. The summed E-state index contributed by atoms with van der Waals surface area (Å²) >= 11 is 0.